The van der Waals surface area contributed by atoms with E-state index < -0.39 is 22.9 Å². The minimum Gasteiger partial charge on any atom is -0.456 e. The van der Waals surface area contributed by atoms with Crippen molar-refractivity contribution in [2.75, 3.05) is 5.75 Å². The van der Waals surface area contributed by atoms with E-state index in [1.54, 1.807) is 19.3 Å². The summed E-state index contributed by atoms with van der Waals surface area (Å²) in [5.74, 6) is -1.01. The Hall–Kier alpha value is -3.77. The lowest BCUT2D eigenvalue weighted by molar-refractivity contribution is -0.384. The lowest BCUT2D eigenvalue weighted by Crippen LogP contribution is -2.63. The van der Waals surface area contributed by atoms with Gasteiger partial charge in [0.1, 0.15) is 12.3 Å². The predicted molar refractivity (Wildman–Crippen MR) is 134 cm³/mol. The van der Waals surface area contributed by atoms with Crippen molar-refractivity contribution < 1.29 is 24.4 Å². The van der Waals surface area contributed by atoms with E-state index in [1.807, 2.05) is 23.7 Å². The zero-order valence-corrected chi connectivity index (χ0v) is 21.0. The maximum atomic E-state index is 13.2. The fourth-order valence-corrected chi connectivity index (χ4v) is 6.17. The molecular formula is C25H25N5O6S. The van der Waals surface area contributed by atoms with Gasteiger partial charge in [0.15, 0.2) is 5.65 Å². The number of hydrogen-bond acceptors (Lipinski definition) is 9. The normalized spacial score (nSPS) is 21.6. The van der Waals surface area contributed by atoms with Gasteiger partial charge in [-0.25, -0.2) is 9.78 Å². The third kappa shape index (κ3) is 4.58. The number of aryl methyl sites for hydroxylation is 1. The van der Waals surface area contributed by atoms with Crippen LogP contribution in [0.4, 0.5) is 5.69 Å². The van der Waals surface area contributed by atoms with Crippen LogP contribution in [-0.4, -0.2) is 59.1 Å². The van der Waals surface area contributed by atoms with Gasteiger partial charge in [-0.1, -0.05) is 6.92 Å². The summed E-state index contributed by atoms with van der Waals surface area (Å²) in [6.45, 7) is 3.45. The van der Waals surface area contributed by atoms with Crippen LogP contribution >= 0.6 is 11.8 Å². The van der Waals surface area contributed by atoms with Gasteiger partial charge in [0, 0.05) is 53.7 Å². The molecule has 1 aromatic carbocycles. The molecule has 1 N–H and O–H groups in total. The molecule has 0 radical (unpaired) electrons. The van der Waals surface area contributed by atoms with Gasteiger partial charge in [-0.15, -0.1) is 11.8 Å². The predicted octanol–water partition coefficient (Wildman–Crippen LogP) is 2.73. The number of carbonyl (C=O) groups excluding carboxylic acids is 2. The fourth-order valence-electron chi connectivity index (χ4n) is 4.92. The van der Waals surface area contributed by atoms with Crippen LogP contribution in [0.3, 0.4) is 0 Å². The van der Waals surface area contributed by atoms with Gasteiger partial charge in [0.25, 0.3) is 5.69 Å². The molecule has 2 aromatic heterocycles. The number of thioether (sulfide) groups is 1. The number of non-ortho nitro benzene ring substituents is 1. The van der Waals surface area contributed by atoms with Crippen molar-refractivity contribution in [1.29, 1.82) is 0 Å². The topological polar surface area (TPSA) is 140 Å². The van der Waals surface area contributed by atoms with Crippen LogP contribution in [0.1, 0.15) is 25.1 Å². The number of β-lactam (4-membered cyclic amide) rings is 1. The summed E-state index contributed by atoms with van der Waals surface area (Å²) < 4.78 is 7.43. The first-order valence-corrected chi connectivity index (χ1v) is 12.8. The molecule has 37 heavy (non-hydrogen) atoms. The molecule has 1 amide bonds. The highest BCUT2D eigenvalue weighted by atomic mass is 32.2. The number of carbonyl (C=O) groups is 2. The summed E-state index contributed by atoms with van der Waals surface area (Å²) in [5.41, 5.74) is 2.39. The number of nitrogens with zero attached hydrogens (tertiary/aromatic N) is 5. The molecule has 1 fully saturated rings. The van der Waals surface area contributed by atoms with E-state index in [2.05, 4.69) is 9.97 Å². The summed E-state index contributed by atoms with van der Waals surface area (Å²) in [6.07, 6.45) is 6.95. The molecule has 5 rings (SSSR count). The van der Waals surface area contributed by atoms with Gasteiger partial charge in [-0.05, 0) is 24.6 Å². The molecule has 11 nitrogen and oxygen atoms in total. The number of nitro groups is 1. The van der Waals surface area contributed by atoms with Crippen molar-refractivity contribution >= 4 is 35.0 Å². The van der Waals surface area contributed by atoms with E-state index in [-0.39, 0.29) is 35.9 Å². The number of ether oxygens (including phenoxy) is 1. The Morgan fingerprint density at radius 1 is 1.32 bits per heavy atom. The van der Waals surface area contributed by atoms with Crippen molar-refractivity contribution in [2.45, 2.75) is 39.0 Å². The second-order valence-corrected chi connectivity index (χ2v) is 10.3. The molecule has 2 aliphatic heterocycles. The summed E-state index contributed by atoms with van der Waals surface area (Å²) >= 11 is 1.49. The largest absolute Gasteiger partial charge is 0.456 e. The highest BCUT2D eigenvalue weighted by Gasteiger charge is 2.60. The van der Waals surface area contributed by atoms with Gasteiger partial charge < -0.3 is 19.1 Å². The summed E-state index contributed by atoms with van der Waals surface area (Å²) in [4.78, 5) is 47.3. The highest BCUT2D eigenvalue weighted by molar-refractivity contribution is 8.03. The molecule has 12 heteroatoms. The van der Waals surface area contributed by atoms with Crippen LogP contribution < -0.4 is 0 Å². The second kappa shape index (κ2) is 9.94. The second-order valence-electron chi connectivity index (χ2n) is 9.14. The number of imidazole rings is 1. The fraction of sp³-hybridized carbons (Fsp3) is 0.360. The Kier molecular flexibility index (Phi) is 6.69. The number of nitro benzene ring substituents is 1. The van der Waals surface area contributed by atoms with Gasteiger partial charge in [0.05, 0.1) is 34.9 Å². The number of benzene rings is 1. The van der Waals surface area contributed by atoms with Crippen LogP contribution in [0.15, 0.2) is 59.7 Å². The van der Waals surface area contributed by atoms with E-state index in [9.17, 15) is 24.8 Å². The average Bonchev–Trinajstić information content (AvgIpc) is 3.39. The van der Waals surface area contributed by atoms with E-state index in [0.29, 0.717) is 17.7 Å². The third-order valence-electron chi connectivity index (χ3n) is 6.75. The summed E-state index contributed by atoms with van der Waals surface area (Å²) in [7, 11) is 0. The number of aliphatic hydroxyl groups excluding tert-OH is 1. The van der Waals surface area contributed by atoms with Crippen molar-refractivity contribution in [3.8, 4) is 0 Å². The maximum Gasteiger partial charge on any atom is 0.356 e. The molecule has 1 saturated heterocycles. The Morgan fingerprint density at radius 3 is 2.76 bits per heavy atom. The van der Waals surface area contributed by atoms with Crippen LogP contribution in [0, 0.1) is 22.0 Å². The Morgan fingerprint density at radius 2 is 2.08 bits per heavy atom. The Labute approximate surface area is 216 Å². The number of amides is 1. The minimum absolute atomic E-state index is 0.0545. The number of aromatic nitrogens is 3. The monoisotopic (exact) mass is 523 g/mol. The Bertz CT molecular complexity index is 1370. The van der Waals surface area contributed by atoms with Crippen molar-refractivity contribution in [3.63, 3.8) is 0 Å². The van der Waals surface area contributed by atoms with Gasteiger partial charge in [-0.3, -0.25) is 19.9 Å². The van der Waals surface area contributed by atoms with E-state index >= 15 is 0 Å². The SMILES string of the molecule is C[C@@H](O)[C@H]1C(=O)N2C(C(=O)OCc3ccc([N+](=O)[O-])cc3)=C(SCCc3cn4ccncc4n3)[C@H](C)[C@H]12. The molecule has 0 saturated carbocycles. The first-order valence-electron chi connectivity index (χ1n) is 11.8. The van der Waals surface area contributed by atoms with Crippen LogP contribution in [0.25, 0.3) is 5.65 Å². The quantitative estimate of drug-likeness (QED) is 0.194. The number of rotatable bonds is 9. The summed E-state index contributed by atoms with van der Waals surface area (Å²) in [5, 5.41) is 21.0. The van der Waals surface area contributed by atoms with E-state index in [0.717, 1.165) is 16.2 Å². The molecule has 0 spiro atoms. The van der Waals surface area contributed by atoms with Gasteiger partial charge >= 0.3 is 5.97 Å². The Balaban J connectivity index is 1.33. The molecule has 0 bridgehead atoms. The molecule has 3 aromatic rings. The van der Waals surface area contributed by atoms with Crippen molar-refractivity contribution in [1.82, 2.24) is 19.3 Å². The third-order valence-corrected chi connectivity index (χ3v) is 8.03. The molecular weight excluding hydrogens is 498 g/mol. The molecule has 4 heterocycles. The molecule has 0 unspecified atom stereocenters. The summed E-state index contributed by atoms with van der Waals surface area (Å²) in [6, 6.07) is 5.44. The number of aliphatic hydroxyl groups is 1. The van der Waals surface area contributed by atoms with Crippen LogP contribution in [0.5, 0.6) is 0 Å². The van der Waals surface area contributed by atoms with Gasteiger partial charge in [0.2, 0.25) is 5.91 Å². The number of hydrogen-bond donors (Lipinski definition) is 1. The minimum atomic E-state index is -0.829. The molecule has 4 atom stereocenters. The first kappa shape index (κ1) is 24.9. The molecule has 0 aliphatic carbocycles. The smallest absolute Gasteiger partial charge is 0.356 e. The van der Waals surface area contributed by atoms with Crippen LogP contribution in [0.2, 0.25) is 0 Å². The van der Waals surface area contributed by atoms with Crippen molar-refractivity contribution in [2.24, 2.45) is 11.8 Å². The molecule has 2 aliphatic rings. The van der Waals surface area contributed by atoms with E-state index in [1.165, 1.54) is 40.9 Å². The zero-order chi connectivity index (χ0) is 26.3. The standard InChI is InChI=1S/C25H25N5O6S/c1-14-21-20(15(2)31)24(32)29(21)22(25(33)36-13-16-3-5-18(6-4-16)30(34)35)23(14)37-10-7-17-12-28-9-8-26-11-19(28)27-17/h3-6,8-9,11-12,14-15,20-21,31H,7,10,13H2,1-2H3/t14-,15-,20-,21-/m1/s1. The number of fused-ring (bicyclic) bond motifs is 2. The molecule has 192 valence electrons. The average molecular weight is 524 g/mol. The van der Waals surface area contributed by atoms with Crippen LogP contribution in [-0.2, 0) is 27.4 Å². The van der Waals surface area contributed by atoms with E-state index in [4.69, 9.17) is 4.74 Å². The van der Waals surface area contributed by atoms with Crippen molar-refractivity contribution in [3.05, 3.63) is 81.0 Å². The lowest BCUT2D eigenvalue weighted by atomic mass is 9.79. The van der Waals surface area contributed by atoms with Gasteiger partial charge in [-0.2, -0.15) is 0 Å². The zero-order valence-electron chi connectivity index (χ0n) is 20.2. The highest BCUT2D eigenvalue weighted by Crippen LogP contribution is 2.50. The first-order chi connectivity index (χ1) is 17.8. The lowest BCUT2D eigenvalue weighted by Gasteiger charge is -2.46. The maximum absolute atomic E-state index is 13.2. The number of esters is 1.